The number of nitrogen functional groups attached to an aromatic ring is 1. The van der Waals surface area contributed by atoms with Gasteiger partial charge in [0.25, 0.3) is 0 Å². The van der Waals surface area contributed by atoms with E-state index >= 15 is 0 Å². The van der Waals surface area contributed by atoms with E-state index in [9.17, 15) is 9.18 Å². The molecule has 8 heteroatoms. The van der Waals surface area contributed by atoms with Gasteiger partial charge in [-0.3, -0.25) is 0 Å². The molecule has 0 unspecified atom stereocenters. The number of hydrogen-bond acceptors (Lipinski definition) is 6. The first-order chi connectivity index (χ1) is 12.0. The average molecular weight is 339 g/mol. The molecule has 0 fully saturated rings. The van der Waals surface area contributed by atoms with Crippen molar-refractivity contribution < 1.29 is 14.3 Å². The number of hydrogen-bond donors (Lipinski definition) is 4. The van der Waals surface area contributed by atoms with Crippen molar-refractivity contribution in [2.75, 3.05) is 16.4 Å². The van der Waals surface area contributed by atoms with Crippen molar-refractivity contribution >= 4 is 34.7 Å². The minimum Gasteiger partial charge on any atom is -0.478 e. The Morgan fingerprint density at radius 3 is 2.28 bits per heavy atom. The van der Waals surface area contributed by atoms with Crippen LogP contribution in [0.1, 0.15) is 10.4 Å². The van der Waals surface area contributed by atoms with E-state index in [0.29, 0.717) is 11.5 Å². The minimum absolute atomic E-state index is 0.170. The summed E-state index contributed by atoms with van der Waals surface area (Å²) in [4.78, 5) is 19.0. The highest BCUT2D eigenvalue weighted by Crippen LogP contribution is 2.28. The van der Waals surface area contributed by atoms with Crippen LogP contribution in [0, 0.1) is 5.82 Å². The maximum Gasteiger partial charge on any atom is 0.335 e. The van der Waals surface area contributed by atoms with Gasteiger partial charge in [-0.25, -0.2) is 19.2 Å². The molecule has 0 aliphatic rings. The quantitative estimate of drug-likeness (QED) is 0.563. The fraction of sp³-hybridized carbons (Fsp3) is 0. The molecule has 0 aliphatic heterocycles. The lowest BCUT2D eigenvalue weighted by atomic mass is 10.2. The molecule has 0 bridgehead atoms. The van der Waals surface area contributed by atoms with E-state index in [1.165, 1.54) is 24.5 Å². The van der Waals surface area contributed by atoms with Crippen LogP contribution < -0.4 is 16.4 Å². The van der Waals surface area contributed by atoms with Gasteiger partial charge >= 0.3 is 5.97 Å². The molecule has 0 aliphatic carbocycles. The molecule has 1 heterocycles. The number of anilines is 5. The van der Waals surface area contributed by atoms with E-state index in [2.05, 4.69) is 20.6 Å². The third-order valence-electron chi connectivity index (χ3n) is 3.41. The second-order valence-electron chi connectivity index (χ2n) is 5.10. The summed E-state index contributed by atoms with van der Waals surface area (Å²) in [7, 11) is 0. The Morgan fingerprint density at radius 1 is 1.00 bits per heavy atom. The predicted molar refractivity (Wildman–Crippen MR) is 92.8 cm³/mol. The molecule has 126 valence electrons. The van der Waals surface area contributed by atoms with Gasteiger partial charge in [0, 0.05) is 5.69 Å². The number of halogens is 1. The van der Waals surface area contributed by atoms with E-state index in [4.69, 9.17) is 10.8 Å². The maximum atomic E-state index is 13.7. The topological polar surface area (TPSA) is 113 Å². The smallest absolute Gasteiger partial charge is 0.335 e. The summed E-state index contributed by atoms with van der Waals surface area (Å²) in [6, 6.07) is 12.3. The zero-order chi connectivity index (χ0) is 17.8. The van der Waals surface area contributed by atoms with Gasteiger partial charge in [-0.05, 0) is 36.4 Å². The number of carbonyl (C=O) groups is 1. The van der Waals surface area contributed by atoms with Crippen LogP contribution in [0.5, 0.6) is 0 Å². The Morgan fingerprint density at radius 2 is 1.64 bits per heavy atom. The van der Waals surface area contributed by atoms with Crippen LogP contribution in [-0.2, 0) is 0 Å². The number of nitrogens with two attached hydrogens (primary N) is 1. The van der Waals surface area contributed by atoms with Crippen LogP contribution in [0.4, 0.5) is 33.1 Å². The highest BCUT2D eigenvalue weighted by Gasteiger charge is 2.11. The molecule has 0 radical (unpaired) electrons. The van der Waals surface area contributed by atoms with E-state index in [-0.39, 0.29) is 22.8 Å². The van der Waals surface area contributed by atoms with Gasteiger partial charge in [0.15, 0.2) is 11.6 Å². The van der Waals surface area contributed by atoms with Gasteiger partial charge in [-0.1, -0.05) is 12.1 Å². The fourth-order valence-corrected chi connectivity index (χ4v) is 2.12. The molecule has 0 amide bonds. The Labute approximate surface area is 142 Å². The molecule has 0 atom stereocenters. The molecule has 0 spiro atoms. The van der Waals surface area contributed by atoms with Gasteiger partial charge in [0.05, 0.1) is 11.3 Å². The summed E-state index contributed by atoms with van der Waals surface area (Å²) >= 11 is 0. The lowest BCUT2D eigenvalue weighted by Crippen LogP contribution is -2.06. The van der Waals surface area contributed by atoms with Gasteiger partial charge in [-0.2, -0.15) is 0 Å². The SMILES string of the molecule is Nc1c(Nc2ccc(C(=O)O)cc2)ncnc1Nc1ccccc1F. The predicted octanol–water partition coefficient (Wildman–Crippen LogP) is 3.38. The van der Waals surface area contributed by atoms with Crippen molar-refractivity contribution in [3.8, 4) is 0 Å². The van der Waals surface area contributed by atoms with E-state index < -0.39 is 11.8 Å². The van der Waals surface area contributed by atoms with Crippen molar-refractivity contribution in [2.24, 2.45) is 0 Å². The Kier molecular flexibility index (Phi) is 4.42. The molecule has 7 nitrogen and oxygen atoms in total. The Bertz CT molecular complexity index is 915. The average Bonchev–Trinajstić information content (AvgIpc) is 2.61. The molecule has 1 aromatic heterocycles. The molecular weight excluding hydrogens is 325 g/mol. The second kappa shape index (κ2) is 6.83. The molecule has 25 heavy (non-hydrogen) atoms. The summed E-state index contributed by atoms with van der Waals surface area (Å²) < 4.78 is 13.7. The van der Waals surface area contributed by atoms with Crippen LogP contribution in [0.3, 0.4) is 0 Å². The van der Waals surface area contributed by atoms with E-state index in [0.717, 1.165) is 0 Å². The first kappa shape index (κ1) is 16.2. The van der Waals surface area contributed by atoms with Crippen molar-refractivity contribution in [1.29, 1.82) is 0 Å². The second-order valence-corrected chi connectivity index (χ2v) is 5.10. The van der Waals surface area contributed by atoms with Gasteiger partial charge < -0.3 is 21.5 Å². The van der Waals surface area contributed by atoms with E-state index in [1.54, 1.807) is 30.3 Å². The first-order valence-electron chi connectivity index (χ1n) is 7.27. The number of nitrogens with one attached hydrogen (secondary N) is 2. The largest absolute Gasteiger partial charge is 0.478 e. The summed E-state index contributed by atoms with van der Waals surface area (Å²) in [6.45, 7) is 0. The standard InChI is InChI=1S/C17H14FN5O2/c18-12-3-1-2-4-13(12)23-16-14(19)15(20-9-21-16)22-11-7-5-10(6-8-11)17(24)25/h1-9H,19H2,(H,24,25)(H2,20,21,22,23). The van der Waals surface area contributed by atoms with Crippen molar-refractivity contribution in [2.45, 2.75) is 0 Å². The number of aromatic nitrogens is 2. The van der Waals surface area contributed by atoms with Crippen LogP contribution >= 0.6 is 0 Å². The molecule has 3 rings (SSSR count). The molecular formula is C17H14FN5O2. The zero-order valence-electron chi connectivity index (χ0n) is 12.9. The highest BCUT2D eigenvalue weighted by molar-refractivity contribution is 5.88. The van der Waals surface area contributed by atoms with Gasteiger partial charge in [-0.15, -0.1) is 0 Å². The van der Waals surface area contributed by atoms with Crippen LogP contribution in [0.25, 0.3) is 0 Å². The van der Waals surface area contributed by atoms with Crippen molar-refractivity contribution in [3.05, 3.63) is 66.2 Å². The Hall–Kier alpha value is -3.68. The first-order valence-corrected chi connectivity index (χ1v) is 7.27. The molecule has 2 aromatic carbocycles. The summed E-state index contributed by atoms with van der Waals surface area (Å²) in [5.74, 6) is -0.870. The third kappa shape index (κ3) is 3.63. The van der Waals surface area contributed by atoms with Crippen molar-refractivity contribution in [1.82, 2.24) is 9.97 Å². The number of para-hydroxylation sites is 1. The van der Waals surface area contributed by atoms with Crippen LogP contribution in [0.2, 0.25) is 0 Å². The normalized spacial score (nSPS) is 10.3. The van der Waals surface area contributed by atoms with Gasteiger partial charge in [0.1, 0.15) is 17.8 Å². The molecule has 3 aromatic rings. The van der Waals surface area contributed by atoms with E-state index in [1.807, 2.05) is 0 Å². The number of aromatic carboxylic acids is 1. The molecule has 0 saturated carbocycles. The monoisotopic (exact) mass is 339 g/mol. The molecule has 5 N–H and O–H groups in total. The lowest BCUT2D eigenvalue weighted by Gasteiger charge is -2.13. The fourth-order valence-electron chi connectivity index (χ4n) is 2.12. The number of nitrogens with zero attached hydrogens (tertiary/aromatic N) is 2. The van der Waals surface area contributed by atoms with Crippen LogP contribution in [0.15, 0.2) is 54.9 Å². The van der Waals surface area contributed by atoms with Crippen LogP contribution in [-0.4, -0.2) is 21.0 Å². The minimum atomic E-state index is -1.01. The summed E-state index contributed by atoms with van der Waals surface area (Å²) in [5, 5.41) is 14.7. The van der Waals surface area contributed by atoms with Gasteiger partial charge in [0.2, 0.25) is 0 Å². The van der Waals surface area contributed by atoms with Crippen molar-refractivity contribution in [3.63, 3.8) is 0 Å². The number of carboxylic acid groups (broad SMARTS) is 1. The summed E-state index contributed by atoms with van der Waals surface area (Å²) in [5.41, 5.74) is 7.26. The third-order valence-corrected chi connectivity index (χ3v) is 3.41. The number of benzene rings is 2. The zero-order valence-corrected chi connectivity index (χ0v) is 12.9. The molecule has 0 saturated heterocycles. The number of carboxylic acids is 1. The highest BCUT2D eigenvalue weighted by atomic mass is 19.1. The number of rotatable bonds is 5. The Balaban J connectivity index is 1.83. The summed E-state index contributed by atoms with van der Waals surface area (Å²) in [6.07, 6.45) is 1.29. The maximum absolute atomic E-state index is 13.7. The lowest BCUT2D eigenvalue weighted by molar-refractivity contribution is 0.0697.